The molecule has 0 aliphatic rings. The number of benzene rings is 4. The van der Waals surface area contributed by atoms with Crippen LogP contribution in [-0.4, -0.2) is 20.6 Å². The van der Waals surface area contributed by atoms with Crippen LogP contribution in [0.4, 0.5) is 11.4 Å². The third-order valence-corrected chi connectivity index (χ3v) is 6.44. The van der Waals surface area contributed by atoms with Crippen LogP contribution in [0.3, 0.4) is 0 Å². The molecule has 0 unspecified atom stereocenters. The highest BCUT2D eigenvalue weighted by Gasteiger charge is 2.18. The lowest BCUT2D eigenvalue weighted by Gasteiger charge is -2.23. The third kappa shape index (κ3) is 4.81. The Bertz CT molecular complexity index is 1360. The molecule has 5 nitrogen and oxygen atoms in total. The van der Waals surface area contributed by atoms with Crippen molar-refractivity contribution in [3.05, 3.63) is 108 Å². The SMILES string of the molecule is Cc1ccc(CN(c2ccc(C(=O)Nc3cccc4ccccc34)cc2)S(C)(=O)=O)cc1. The minimum absolute atomic E-state index is 0.223. The first kappa shape index (κ1) is 21.6. The molecule has 32 heavy (non-hydrogen) atoms. The van der Waals surface area contributed by atoms with Crippen molar-refractivity contribution in [3.8, 4) is 0 Å². The first-order valence-corrected chi connectivity index (χ1v) is 12.1. The molecule has 0 bridgehead atoms. The Balaban J connectivity index is 1.56. The van der Waals surface area contributed by atoms with Crippen molar-refractivity contribution in [2.24, 2.45) is 0 Å². The number of anilines is 2. The van der Waals surface area contributed by atoms with Crippen molar-refractivity contribution in [2.45, 2.75) is 13.5 Å². The fourth-order valence-electron chi connectivity index (χ4n) is 3.57. The Morgan fingerprint density at radius 2 is 1.50 bits per heavy atom. The fourth-order valence-corrected chi connectivity index (χ4v) is 4.46. The van der Waals surface area contributed by atoms with Crippen LogP contribution in [0.15, 0.2) is 91.0 Å². The van der Waals surface area contributed by atoms with Gasteiger partial charge >= 0.3 is 0 Å². The molecular formula is C26H24N2O3S. The molecule has 0 saturated heterocycles. The van der Waals surface area contributed by atoms with Gasteiger partial charge in [-0.05, 0) is 48.2 Å². The molecule has 4 aromatic carbocycles. The molecule has 1 amide bonds. The zero-order valence-corrected chi connectivity index (χ0v) is 18.8. The van der Waals surface area contributed by atoms with E-state index >= 15 is 0 Å². The van der Waals surface area contributed by atoms with Gasteiger partial charge in [-0.15, -0.1) is 0 Å². The predicted octanol–water partition coefficient (Wildman–Crippen LogP) is 5.37. The number of carbonyl (C=O) groups excluding carboxylic acids is 1. The van der Waals surface area contributed by atoms with Crippen LogP contribution in [0.25, 0.3) is 10.8 Å². The summed E-state index contributed by atoms with van der Waals surface area (Å²) in [5.41, 5.74) is 3.69. The predicted molar refractivity (Wildman–Crippen MR) is 131 cm³/mol. The maximum absolute atomic E-state index is 12.8. The molecule has 0 saturated carbocycles. The Morgan fingerprint density at radius 1 is 0.844 bits per heavy atom. The van der Waals surface area contributed by atoms with Crippen LogP contribution in [0.2, 0.25) is 0 Å². The second-order valence-electron chi connectivity index (χ2n) is 7.78. The van der Waals surface area contributed by atoms with Crippen molar-refractivity contribution in [1.82, 2.24) is 0 Å². The van der Waals surface area contributed by atoms with Gasteiger partial charge in [0.2, 0.25) is 10.0 Å². The number of amides is 1. The number of fused-ring (bicyclic) bond motifs is 1. The molecule has 1 N–H and O–H groups in total. The normalized spacial score (nSPS) is 11.3. The van der Waals surface area contributed by atoms with Crippen LogP contribution < -0.4 is 9.62 Å². The van der Waals surface area contributed by atoms with Crippen molar-refractivity contribution in [1.29, 1.82) is 0 Å². The van der Waals surface area contributed by atoms with E-state index in [-0.39, 0.29) is 12.5 Å². The summed E-state index contributed by atoms with van der Waals surface area (Å²) in [7, 11) is -3.50. The Hall–Kier alpha value is -3.64. The van der Waals surface area contributed by atoms with Gasteiger partial charge in [-0.3, -0.25) is 9.10 Å². The smallest absolute Gasteiger partial charge is 0.255 e. The van der Waals surface area contributed by atoms with E-state index in [1.54, 1.807) is 24.3 Å². The molecule has 0 radical (unpaired) electrons. The monoisotopic (exact) mass is 444 g/mol. The number of nitrogens with zero attached hydrogens (tertiary/aromatic N) is 1. The molecule has 0 heterocycles. The van der Waals surface area contributed by atoms with E-state index in [4.69, 9.17) is 0 Å². The van der Waals surface area contributed by atoms with E-state index in [2.05, 4.69) is 5.32 Å². The molecule has 162 valence electrons. The van der Waals surface area contributed by atoms with Crippen molar-refractivity contribution >= 4 is 38.1 Å². The summed E-state index contributed by atoms with van der Waals surface area (Å²) in [4.78, 5) is 12.8. The minimum atomic E-state index is -3.50. The molecule has 0 aliphatic heterocycles. The van der Waals surface area contributed by atoms with Gasteiger partial charge in [0, 0.05) is 16.6 Å². The van der Waals surface area contributed by atoms with Gasteiger partial charge < -0.3 is 5.32 Å². The van der Waals surface area contributed by atoms with E-state index in [1.807, 2.05) is 73.7 Å². The highest BCUT2D eigenvalue weighted by Crippen LogP contribution is 2.25. The molecule has 0 fully saturated rings. The first-order chi connectivity index (χ1) is 15.3. The lowest BCUT2D eigenvalue weighted by Crippen LogP contribution is -2.29. The summed E-state index contributed by atoms with van der Waals surface area (Å²) < 4.78 is 26.2. The van der Waals surface area contributed by atoms with Gasteiger partial charge in [0.1, 0.15) is 0 Å². The van der Waals surface area contributed by atoms with Gasteiger partial charge in [0.25, 0.3) is 5.91 Å². The number of sulfonamides is 1. The third-order valence-electron chi connectivity index (χ3n) is 5.30. The zero-order valence-electron chi connectivity index (χ0n) is 17.9. The van der Waals surface area contributed by atoms with E-state index in [0.717, 1.165) is 27.6 Å². The number of aryl methyl sites for hydroxylation is 1. The van der Waals surface area contributed by atoms with Gasteiger partial charge in [0.05, 0.1) is 18.5 Å². The van der Waals surface area contributed by atoms with E-state index in [1.165, 1.54) is 10.6 Å². The van der Waals surface area contributed by atoms with E-state index in [0.29, 0.717) is 11.3 Å². The molecule has 0 aliphatic carbocycles. The molecule has 4 rings (SSSR count). The highest BCUT2D eigenvalue weighted by molar-refractivity contribution is 7.92. The van der Waals surface area contributed by atoms with Crippen LogP contribution >= 0.6 is 0 Å². The Morgan fingerprint density at radius 3 is 2.19 bits per heavy atom. The zero-order chi connectivity index (χ0) is 22.7. The van der Waals surface area contributed by atoms with Gasteiger partial charge in [-0.1, -0.05) is 66.2 Å². The quantitative estimate of drug-likeness (QED) is 0.435. The second-order valence-corrected chi connectivity index (χ2v) is 9.69. The molecule has 6 heteroatoms. The van der Waals surface area contributed by atoms with E-state index < -0.39 is 10.0 Å². The Kier molecular flexibility index (Phi) is 5.97. The number of rotatable bonds is 6. The summed E-state index contributed by atoms with van der Waals surface area (Å²) in [6, 6.07) is 27.9. The average molecular weight is 445 g/mol. The summed E-state index contributed by atoms with van der Waals surface area (Å²) in [6.07, 6.45) is 1.18. The lowest BCUT2D eigenvalue weighted by molar-refractivity contribution is 0.102. The number of hydrogen-bond donors (Lipinski definition) is 1. The maximum atomic E-state index is 12.8. The van der Waals surface area contributed by atoms with Gasteiger partial charge in [-0.2, -0.15) is 0 Å². The molecule has 0 atom stereocenters. The summed E-state index contributed by atoms with van der Waals surface area (Å²) in [6.45, 7) is 2.21. The number of hydrogen-bond acceptors (Lipinski definition) is 3. The van der Waals surface area contributed by atoms with Gasteiger partial charge in [0.15, 0.2) is 0 Å². The maximum Gasteiger partial charge on any atom is 0.255 e. The second kappa shape index (κ2) is 8.85. The highest BCUT2D eigenvalue weighted by atomic mass is 32.2. The van der Waals surface area contributed by atoms with Gasteiger partial charge in [-0.25, -0.2) is 8.42 Å². The summed E-state index contributed by atoms with van der Waals surface area (Å²) >= 11 is 0. The van der Waals surface area contributed by atoms with Crippen molar-refractivity contribution in [2.75, 3.05) is 15.9 Å². The van der Waals surface area contributed by atoms with Crippen LogP contribution in [0.1, 0.15) is 21.5 Å². The average Bonchev–Trinajstić information content (AvgIpc) is 2.78. The largest absolute Gasteiger partial charge is 0.321 e. The van der Waals surface area contributed by atoms with Crippen molar-refractivity contribution < 1.29 is 13.2 Å². The molecule has 4 aromatic rings. The fraction of sp³-hybridized carbons (Fsp3) is 0.115. The number of carbonyl (C=O) groups is 1. The van der Waals surface area contributed by atoms with Crippen molar-refractivity contribution in [3.63, 3.8) is 0 Å². The number of nitrogens with one attached hydrogen (secondary N) is 1. The summed E-state index contributed by atoms with van der Waals surface area (Å²) in [5, 5.41) is 4.96. The summed E-state index contributed by atoms with van der Waals surface area (Å²) in [5.74, 6) is -0.252. The Labute approximate surface area is 188 Å². The molecule has 0 aromatic heterocycles. The van der Waals surface area contributed by atoms with Crippen LogP contribution in [0, 0.1) is 6.92 Å². The first-order valence-electron chi connectivity index (χ1n) is 10.2. The lowest BCUT2D eigenvalue weighted by atomic mass is 10.1. The molecular weight excluding hydrogens is 420 g/mol. The standard InChI is InChI=1S/C26H24N2O3S/c1-19-10-12-20(13-11-19)18-28(32(2,30)31)23-16-14-22(15-17-23)26(29)27-25-9-5-7-21-6-3-4-8-24(21)25/h3-17H,18H2,1-2H3,(H,27,29). The van der Waals surface area contributed by atoms with E-state index in [9.17, 15) is 13.2 Å². The topological polar surface area (TPSA) is 66.5 Å². The van der Waals surface area contributed by atoms with Crippen LogP contribution in [0.5, 0.6) is 0 Å². The van der Waals surface area contributed by atoms with Crippen LogP contribution in [-0.2, 0) is 16.6 Å². The minimum Gasteiger partial charge on any atom is -0.321 e. The molecule has 0 spiro atoms.